The molecule has 0 bridgehead atoms. The van der Waals surface area contributed by atoms with E-state index in [1.807, 2.05) is 63.2 Å². The van der Waals surface area contributed by atoms with E-state index in [4.69, 9.17) is 9.47 Å². The van der Waals surface area contributed by atoms with Gasteiger partial charge in [0.15, 0.2) is 0 Å². The van der Waals surface area contributed by atoms with Crippen molar-refractivity contribution >= 4 is 22.6 Å². The second-order valence-corrected chi connectivity index (χ2v) is 11.7. The Morgan fingerprint density at radius 1 is 0.780 bits per heavy atom. The van der Waals surface area contributed by atoms with Crippen LogP contribution in [0.5, 0.6) is 11.5 Å². The minimum absolute atomic E-state index is 0.0681. The van der Waals surface area contributed by atoms with Gasteiger partial charge in [-0.05, 0) is 47.7 Å². The number of carbonyl (C=O) groups is 2. The lowest BCUT2D eigenvalue weighted by Gasteiger charge is -2.27. The molecule has 0 atom stereocenters. The number of carbonyl (C=O) groups excluding carboxylic acids is 2. The molecule has 3 aromatic carbocycles. The van der Waals surface area contributed by atoms with Crippen LogP contribution in [0, 0.1) is 5.41 Å². The number of hydrogen-bond donors (Lipinski definition) is 0. The number of ether oxygens (including phenoxy) is 2. The number of aromatic nitrogens is 1. The van der Waals surface area contributed by atoms with Gasteiger partial charge in [-0.2, -0.15) is 0 Å². The molecule has 212 valence electrons. The van der Waals surface area contributed by atoms with E-state index in [1.165, 1.54) is 4.90 Å². The molecule has 2 amide bonds. The quantitative estimate of drug-likeness (QED) is 0.164. The summed E-state index contributed by atoms with van der Waals surface area (Å²) in [4.78, 5) is 42.0. The van der Waals surface area contributed by atoms with Crippen molar-refractivity contribution in [1.29, 1.82) is 0 Å². The smallest absolute Gasteiger partial charge is 0.261 e. The van der Waals surface area contributed by atoms with Crippen molar-refractivity contribution in [1.82, 2.24) is 9.47 Å². The van der Waals surface area contributed by atoms with Crippen molar-refractivity contribution in [2.45, 2.75) is 60.2 Å². The highest BCUT2D eigenvalue weighted by Crippen LogP contribution is 2.35. The highest BCUT2D eigenvalue weighted by Gasteiger charge is 2.37. The van der Waals surface area contributed by atoms with Crippen LogP contribution in [0.3, 0.4) is 0 Å². The molecule has 0 unspecified atom stereocenters. The third kappa shape index (κ3) is 5.89. The van der Waals surface area contributed by atoms with E-state index >= 15 is 0 Å². The number of imide groups is 1. The molecule has 7 nitrogen and oxygen atoms in total. The molecule has 4 aromatic rings. The predicted molar refractivity (Wildman–Crippen MR) is 159 cm³/mol. The van der Waals surface area contributed by atoms with Gasteiger partial charge >= 0.3 is 0 Å². The van der Waals surface area contributed by atoms with E-state index in [9.17, 15) is 14.4 Å². The molecular weight excluding hydrogens is 516 g/mol. The van der Waals surface area contributed by atoms with E-state index in [1.54, 1.807) is 34.9 Å². The summed E-state index contributed by atoms with van der Waals surface area (Å²) < 4.78 is 14.1. The average molecular weight is 553 g/mol. The SMILES string of the molecule is CCCCOc1c(CN2C(=O)c3ccccc3C2=O)n(CC(C)(C)C)c(=O)c2cc(OCc3ccccc3)ccc12. The van der Waals surface area contributed by atoms with Crippen molar-refractivity contribution in [2.24, 2.45) is 5.41 Å². The number of amides is 2. The normalized spacial score (nSPS) is 13.1. The van der Waals surface area contributed by atoms with Crippen LogP contribution in [0.2, 0.25) is 0 Å². The van der Waals surface area contributed by atoms with Crippen molar-refractivity contribution in [3.8, 4) is 11.5 Å². The summed E-state index contributed by atoms with van der Waals surface area (Å²) in [5.41, 5.74) is 1.80. The van der Waals surface area contributed by atoms with Crippen LogP contribution in [0.4, 0.5) is 0 Å². The number of hydrogen-bond acceptors (Lipinski definition) is 5. The molecule has 0 radical (unpaired) electrons. The van der Waals surface area contributed by atoms with Gasteiger partial charge < -0.3 is 14.0 Å². The van der Waals surface area contributed by atoms with E-state index in [0.717, 1.165) is 18.4 Å². The zero-order chi connectivity index (χ0) is 29.1. The highest BCUT2D eigenvalue weighted by atomic mass is 16.5. The average Bonchev–Trinajstić information content (AvgIpc) is 3.20. The largest absolute Gasteiger partial charge is 0.491 e. The molecule has 1 aliphatic heterocycles. The fraction of sp³-hybridized carbons (Fsp3) is 0.324. The topological polar surface area (TPSA) is 77.8 Å². The summed E-state index contributed by atoms with van der Waals surface area (Å²) in [6.07, 6.45) is 1.76. The van der Waals surface area contributed by atoms with Crippen LogP contribution in [0.25, 0.3) is 10.8 Å². The Bertz CT molecular complexity index is 1620. The number of fused-ring (bicyclic) bond motifs is 2. The Hall–Kier alpha value is -4.39. The fourth-order valence-corrected chi connectivity index (χ4v) is 5.09. The molecule has 5 rings (SSSR count). The maximum Gasteiger partial charge on any atom is 0.261 e. The van der Waals surface area contributed by atoms with Crippen molar-refractivity contribution in [3.63, 3.8) is 0 Å². The Kier molecular flexibility index (Phi) is 7.97. The van der Waals surface area contributed by atoms with Gasteiger partial charge in [-0.25, -0.2) is 0 Å². The summed E-state index contributed by atoms with van der Waals surface area (Å²) in [6, 6.07) is 22.1. The molecule has 2 heterocycles. The van der Waals surface area contributed by atoms with Crippen LogP contribution in [0.15, 0.2) is 77.6 Å². The molecule has 0 aliphatic carbocycles. The number of benzene rings is 3. The van der Waals surface area contributed by atoms with E-state index in [0.29, 0.717) is 58.9 Å². The number of unbranched alkanes of at least 4 members (excludes halogenated alkanes) is 1. The first-order valence-corrected chi connectivity index (χ1v) is 14.1. The molecule has 41 heavy (non-hydrogen) atoms. The number of nitrogens with zero attached hydrogens (tertiary/aromatic N) is 2. The van der Waals surface area contributed by atoms with Crippen molar-refractivity contribution < 1.29 is 19.1 Å². The second kappa shape index (κ2) is 11.6. The molecule has 1 aromatic heterocycles. The Balaban J connectivity index is 1.63. The first-order chi connectivity index (χ1) is 19.7. The molecule has 0 saturated heterocycles. The third-order valence-corrected chi connectivity index (χ3v) is 7.11. The fourth-order valence-electron chi connectivity index (χ4n) is 5.09. The van der Waals surface area contributed by atoms with Crippen LogP contribution in [-0.4, -0.2) is 27.9 Å². The van der Waals surface area contributed by atoms with Gasteiger partial charge in [0.1, 0.15) is 18.1 Å². The monoisotopic (exact) mass is 552 g/mol. The Labute approximate surface area is 240 Å². The lowest BCUT2D eigenvalue weighted by molar-refractivity contribution is 0.0636. The lowest BCUT2D eigenvalue weighted by Crippen LogP contribution is -2.36. The molecule has 0 saturated carbocycles. The van der Waals surface area contributed by atoms with Crippen LogP contribution in [0.1, 0.15) is 72.5 Å². The van der Waals surface area contributed by atoms with E-state index in [2.05, 4.69) is 6.92 Å². The van der Waals surface area contributed by atoms with Gasteiger partial charge in [0.2, 0.25) is 0 Å². The Morgan fingerprint density at radius 3 is 2.07 bits per heavy atom. The minimum atomic E-state index is -0.371. The summed E-state index contributed by atoms with van der Waals surface area (Å²) >= 11 is 0. The third-order valence-electron chi connectivity index (χ3n) is 7.11. The summed E-state index contributed by atoms with van der Waals surface area (Å²) in [7, 11) is 0. The summed E-state index contributed by atoms with van der Waals surface area (Å²) in [6.45, 7) is 9.35. The highest BCUT2D eigenvalue weighted by molar-refractivity contribution is 6.21. The van der Waals surface area contributed by atoms with Gasteiger partial charge in [-0.1, -0.05) is 76.6 Å². The zero-order valence-corrected chi connectivity index (χ0v) is 24.1. The first-order valence-electron chi connectivity index (χ1n) is 14.1. The van der Waals surface area contributed by atoms with Gasteiger partial charge in [0, 0.05) is 11.9 Å². The van der Waals surface area contributed by atoms with Gasteiger partial charge in [0.05, 0.1) is 35.4 Å². The maximum absolute atomic E-state index is 14.2. The van der Waals surface area contributed by atoms with Crippen LogP contribution >= 0.6 is 0 Å². The number of rotatable bonds is 10. The molecule has 0 N–H and O–H groups in total. The summed E-state index contributed by atoms with van der Waals surface area (Å²) in [5.74, 6) is 0.353. The molecule has 0 fully saturated rings. The minimum Gasteiger partial charge on any atom is -0.491 e. The standard InChI is InChI=1S/C34H36N2O5/c1-5-6-18-40-30-25-17-16-24(41-21-23-12-8-7-9-13-23)19-28(25)33(39)36(22-34(2,3)4)29(30)20-35-31(37)26-14-10-11-15-27(26)32(35)38/h7-17,19H,5-6,18,20-22H2,1-4H3. The number of pyridine rings is 1. The zero-order valence-electron chi connectivity index (χ0n) is 24.1. The predicted octanol–water partition coefficient (Wildman–Crippen LogP) is 6.60. The van der Waals surface area contributed by atoms with Crippen molar-refractivity contribution in [2.75, 3.05) is 6.61 Å². The van der Waals surface area contributed by atoms with Crippen molar-refractivity contribution in [3.05, 3.63) is 106 Å². The molecule has 1 aliphatic rings. The Morgan fingerprint density at radius 2 is 1.44 bits per heavy atom. The van der Waals surface area contributed by atoms with Crippen LogP contribution < -0.4 is 15.0 Å². The van der Waals surface area contributed by atoms with E-state index in [-0.39, 0.29) is 29.3 Å². The summed E-state index contributed by atoms with van der Waals surface area (Å²) in [5, 5.41) is 1.10. The maximum atomic E-state index is 14.2. The lowest BCUT2D eigenvalue weighted by atomic mass is 9.96. The molecule has 7 heteroatoms. The van der Waals surface area contributed by atoms with Gasteiger partial charge in [-0.3, -0.25) is 19.3 Å². The van der Waals surface area contributed by atoms with E-state index < -0.39 is 0 Å². The second-order valence-electron chi connectivity index (χ2n) is 11.7. The molecule has 0 spiro atoms. The molecular formula is C34H36N2O5. The van der Waals surface area contributed by atoms with Gasteiger partial charge in [0.25, 0.3) is 17.4 Å². The first kappa shape index (κ1) is 28.1. The van der Waals surface area contributed by atoms with Crippen LogP contribution in [-0.2, 0) is 19.7 Å². The van der Waals surface area contributed by atoms with Gasteiger partial charge in [-0.15, -0.1) is 0 Å².